The molecule has 29 heavy (non-hydrogen) atoms. The van der Waals surface area contributed by atoms with Gasteiger partial charge in [0.2, 0.25) is 21.8 Å². The maximum atomic E-state index is 13.4. The lowest BCUT2D eigenvalue weighted by atomic mass is 9.91. The minimum absolute atomic E-state index is 0.0463. The van der Waals surface area contributed by atoms with E-state index in [2.05, 4.69) is 5.32 Å². The van der Waals surface area contributed by atoms with Crippen molar-refractivity contribution in [1.29, 1.82) is 0 Å². The highest BCUT2D eigenvalue weighted by Gasteiger charge is 2.50. The molecular formula is C20H28ClN3O4S. The van der Waals surface area contributed by atoms with Crippen LogP contribution < -0.4 is 10.2 Å². The Bertz CT molecular complexity index is 914. The molecule has 7 nitrogen and oxygen atoms in total. The van der Waals surface area contributed by atoms with Crippen LogP contribution in [-0.4, -0.2) is 55.5 Å². The van der Waals surface area contributed by atoms with Crippen molar-refractivity contribution in [2.24, 2.45) is 0 Å². The Morgan fingerprint density at radius 2 is 1.90 bits per heavy atom. The second kappa shape index (κ2) is 8.24. The summed E-state index contributed by atoms with van der Waals surface area (Å²) in [6.45, 7) is 3.05. The van der Waals surface area contributed by atoms with Crippen LogP contribution in [0, 0.1) is 6.92 Å². The number of amides is 2. The van der Waals surface area contributed by atoms with Gasteiger partial charge < -0.3 is 5.32 Å². The number of carbonyl (C=O) groups excluding carboxylic acids is 2. The van der Waals surface area contributed by atoms with Gasteiger partial charge in [0.25, 0.3) is 0 Å². The van der Waals surface area contributed by atoms with Gasteiger partial charge in [0.15, 0.2) is 0 Å². The van der Waals surface area contributed by atoms with E-state index in [1.165, 1.54) is 4.90 Å². The van der Waals surface area contributed by atoms with Crippen LogP contribution in [0.1, 0.15) is 44.6 Å². The van der Waals surface area contributed by atoms with Gasteiger partial charge in [-0.05, 0) is 50.5 Å². The highest BCUT2D eigenvalue weighted by molar-refractivity contribution is 7.88. The first-order valence-corrected chi connectivity index (χ1v) is 12.1. The zero-order valence-electron chi connectivity index (χ0n) is 17.1. The number of halogens is 1. The van der Waals surface area contributed by atoms with Crippen LogP contribution in [0.15, 0.2) is 18.2 Å². The van der Waals surface area contributed by atoms with E-state index in [-0.39, 0.29) is 25.0 Å². The van der Waals surface area contributed by atoms with E-state index in [1.807, 2.05) is 6.92 Å². The van der Waals surface area contributed by atoms with E-state index in [1.54, 1.807) is 25.1 Å². The standard InChI is InChI=1S/C20H28ClN3O4S/c1-14-11-15(21)9-10-17(14)24-18(25)12-23(29(3,27)28)13-20(24,2)19(26)22-16-7-5-4-6-8-16/h9-11,16H,4-8,12-13H2,1-3H3,(H,22,26)/t20-/m0/s1. The molecule has 0 spiro atoms. The zero-order chi connectivity index (χ0) is 21.4. The van der Waals surface area contributed by atoms with Gasteiger partial charge in [-0.3, -0.25) is 14.5 Å². The molecule has 1 saturated carbocycles. The molecule has 2 aliphatic rings. The number of aryl methyl sites for hydroxylation is 1. The molecule has 1 saturated heterocycles. The van der Waals surface area contributed by atoms with Crippen molar-refractivity contribution in [2.45, 2.75) is 57.5 Å². The lowest BCUT2D eigenvalue weighted by Gasteiger charge is -2.47. The first-order chi connectivity index (χ1) is 13.5. The van der Waals surface area contributed by atoms with E-state index in [0.29, 0.717) is 10.7 Å². The van der Waals surface area contributed by atoms with Crippen LogP contribution in [0.5, 0.6) is 0 Å². The number of nitrogens with one attached hydrogen (secondary N) is 1. The highest BCUT2D eigenvalue weighted by Crippen LogP contribution is 2.34. The maximum Gasteiger partial charge on any atom is 0.247 e. The Morgan fingerprint density at radius 3 is 2.48 bits per heavy atom. The largest absolute Gasteiger partial charge is 0.351 e. The molecular weight excluding hydrogens is 414 g/mol. The molecule has 2 amide bonds. The predicted octanol–water partition coefficient (Wildman–Crippen LogP) is 2.46. The lowest BCUT2D eigenvalue weighted by molar-refractivity contribution is -0.133. The van der Waals surface area contributed by atoms with Gasteiger partial charge in [-0.2, -0.15) is 4.31 Å². The third kappa shape index (κ3) is 4.59. The summed E-state index contributed by atoms with van der Waals surface area (Å²) in [5, 5.41) is 3.60. The van der Waals surface area contributed by atoms with Gasteiger partial charge in [-0.1, -0.05) is 30.9 Å². The number of sulfonamides is 1. The van der Waals surface area contributed by atoms with Gasteiger partial charge in [0.1, 0.15) is 5.54 Å². The van der Waals surface area contributed by atoms with Crippen LogP contribution in [0.2, 0.25) is 5.02 Å². The van der Waals surface area contributed by atoms with Gasteiger partial charge in [-0.15, -0.1) is 0 Å². The lowest BCUT2D eigenvalue weighted by Crippen LogP contribution is -2.70. The van der Waals surface area contributed by atoms with Crippen molar-refractivity contribution in [3.05, 3.63) is 28.8 Å². The summed E-state index contributed by atoms with van der Waals surface area (Å²) < 4.78 is 25.5. The molecule has 160 valence electrons. The molecule has 9 heteroatoms. The Hall–Kier alpha value is -1.64. The van der Waals surface area contributed by atoms with Crippen molar-refractivity contribution < 1.29 is 18.0 Å². The molecule has 3 rings (SSSR count). The highest BCUT2D eigenvalue weighted by atomic mass is 35.5. The van der Waals surface area contributed by atoms with Crippen LogP contribution in [0.4, 0.5) is 5.69 Å². The summed E-state index contributed by atoms with van der Waals surface area (Å²) in [6, 6.07) is 5.15. The zero-order valence-corrected chi connectivity index (χ0v) is 18.6. The van der Waals surface area contributed by atoms with Crippen molar-refractivity contribution >= 4 is 39.1 Å². The minimum Gasteiger partial charge on any atom is -0.351 e. The summed E-state index contributed by atoms with van der Waals surface area (Å²) >= 11 is 6.07. The van der Waals surface area contributed by atoms with Gasteiger partial charge in [0, 0.05) is 23.3 Å². The monoisotopic (exact) mass is 441 g/mol. The number of hydrogen-bond acceptors (Lipinski definition) is 4. The molecule has 1 atom stereocenters. The average Bonchev–Trinajstić information content (AvgIpc) is 2.63. The molecule has 1 aliphatic carbocycles. The molecule has 1 heterocycles. The smallest absolute Gasteiger partial charge is 0.247 e. The van der Waals surface area contributed by atoms with E-state index in [0.717, 1.165) is 48.2 Å². The third-order valence-corrected chi connectivity index (χ3v) is 7.27. The number of anilines is 1. The van der Waals surface area contributed by atoms with Gasteiger partial charge in [-0.25, -0.2) is 8.42 Å². The van der Waals surface area contributed by atoms with Crippen molar-refractivity contribution in [2.75, 3.05) is 24.2 Å². The predicted molar refractivity (Wildman–Crippen MR) is 114 cm³/mol. The Kier molecular flexibility index (Phi) is 6.27. The van der Waals surface area contributed by atoms with E-state index < -0.39 is 21.5 Å². The minimum atomic E-state index is -3.63. The van der Waals surface area contributed by atoms with Crippen LogP contribution in [0.25, 0.3) is 0 Å². The number of hydrogen-bond donors (Lipinski definition) is 1. The molecule has 1 aromatic rings. The number of piperazine rings is 1. The second-order valence-electron chi connectivity index (χ2n) is 8.27. The average molecular weight is 442 g/mol. The Balaban J connectivity index is 2.01. The van der Waals surface area contributed by atoms with E-state index in [4.69, 9.17) is 11.6 Å². The number of benzene rings is 1. The van der Waals surface area contributed by atoms with Crippen LogP contribution >= 0.6 is 11.6 Å². The fraction of sp³-hybridized carbons (Fsp3) is 0.600. The van der Waals surface area contributed by atoms with Crippen LogP contribution in [0.3, 0.4) is 0 Å². The molecule has 0 radical (unpaired) electrons. The summed E-state index contributed by atoms with van der Waals surface area (Å²) in [5.74, 6) is -0.770. The molecule has 1 N–H and O–H groups in total. The quantitative estimate of drug-likeness (QED) is 0.777. The summed E-state index contributed by atoms with van der Waals surface area (Å²) in [4.78, 5) is 28.0. The van der Waals surface area contributed by atoms with E-state index >= 15 is 0 Å². The Morgan fingerprint density at radius 1 is 1.24 bits per heavy atom. The summed E-state index contributed by atoms with van der Waals surface area (Å²) in [6.07, 6.45) is 6.10. The summed E-state index contributed by atoms with van der Waals surface area (Å²) in [7, 11) is -3.63. The molecule has 1 aliphatic heterocycles. The Labute approximate surface area is 177 Å². The number of rotatable bonds is 4. The van der Waals surface area contributed by atoms with E-state index in [9.17, 15) is 18.0 Å². The fourth-order valence-corrected chi connectivity index (χ4v) is 5.29. The van der Waals surface area contributed by atoms with Crippen molar-refractivity contribution in [3.8, 4) is 0 Å². The molecule has 0 bridgehead atoms. The molecule has 0 aromatic heterocycles. The second-order valence-corrected chi connectivity index (χ2v) is 10.7. The maximum absolute atomic E-state index is 13.4. The molecule has 0 unspecified atom stereocenters. The molecule has 1 aromatic carbocycles. The normalized spacial score (nSPS) is 24.6. The summed E-state index contributed by atoms with van der Waals surface area (Å²) in [5.41, 5.74) is -0.0572. The number of carbonyl (C=O) groups is 2. The van der Waals surface area contributed by atoms with Crippen LogP contribution in [-0.2, 0) is 19.6 Å². The fourth-order valence-electron chi connectivity index (χ4n) is 4.23. The molecule has 2 fully saturated rings. The SMILES string of the molecule is Cc1cc(Cl)ccc1N1C(=O)CN(S(C)(=O)=O)C[C@@]1(C)C(=O)NC1CCCCC1. The first kappa shape index (κ1) is 22.1. The van der Waals surface area contributed by atoms with Gasteiger partial charge >= 0.3 is 0 Å². The first-order valence-electron chi connectivity index (χ1n) is 9.87. The van der Waals surface area contributed by atoms with Gasteiger partial charge in [0.05, 0.1) is 12.8 Å². The van der Waals surface area contributed by atoms with Crippen molar-refractivity contribution in [1.82, 2.24) is 9.62 Å². The topological polar surface area (TPSA) is 86.8 Å². The van der Waals surface area contributed by atoms with Crippen molar-refractivity contribution in [3.63, 3.8) is 0 Å². The number of nitrogens with zero attached hydrogens (tertiary/aromatic N) is 2. The third-order valence-electron chi connectivity index (χ3n) is 5.84.